The van der Waals surface area contributed by atoms with Gasteiger partial charge >= 0.3 is 7.60 Å². The van der Waals surface area contributed by atoms with Crippen molar-refractivity contribution < 1.29 is 24.6 Å². The van der Waals surface area contributed by atoms with Crippen molar-refractivity contribution in [2.45, 2.75) is 102 Å². The van der Waals surface area contributed by atoms with Gasteiger partial charge in [0.25, 0.3) is 0 Å². The summed E-state index contributed by atoms with van der Waals surface area (Å²) in [4.78, 5) is 17.7. The Labute approximate surface area is 152 Å². The number of aliphatic hydroxyl groups is 2. The van der Waals surface area contributed by atoms with Crippen molar-refractivity contribution in [1.82, 2.24) is 0 Å². The number of hydrogen-bond donors (Lipinski definition) is 5. The van der Waals surface area contributed by atoms with Gasteiger partial charge in [0.2, 0.25) is 0 Å². The van der Waals surface area contributed by atoms with E-state index in [1.807, 2.05) is 0 Å². The number of rotatable bonds is 16. The highest BCUT2D eigenvalue weighted by molar-refractivity contribution is 7.52. The first-order valence-electron chi connectivity index (χ1n) is 9.64. The minimum absolute atomic E-state index is 0.785. The Balaban J connectivity index is 3.58. The molecule has 0 radical (unpaired) electrons. The highest BCUT2D eigenvalue weighted by Gasteiger charge is 2.35. The summed E-state index contributed by atoms with van der Waals surface area (Å²) in [5.74, 6) is -2.05. The second kappa shape index (κ2) is 14.9. The summed E-state index contributed by atoms with van der Waals surface area (Å²) in [5.41, 5.74) is 5.45. The van der Waals surface area contributed by atoms with Crippen molar-refractivity contribution >= 4 is 7.60 Å². The van der Waals surface area contributed by atoms with Gasteiger partial charge in [0.15, 0.2) is 5.85 Å². The van der Waals surface area contributed by atoms with Crippen LogP contribution in [0.2, 0.25) is 0 Å². The lowest BCUT2D eigenvalue weighted by Gasteiger charge is -2.22. The van der Waals surface area contributed by atoms with Gasteiger partial charge < -0.3 is 25.7 Å². The molecule has 7 heteroatoms. The van der Waals surface area contributed by atoms with Crippen molar-refractivity contribution in [3.63, 3.8) is 0 Å². The van der Waals surface area contributed by atoms with Gasteiger partial charge in [0, 0.05) is 0 Å². The third-order valence-electron chi connectivity index (χ3n) is 4.39. The summed E-state index contributed by atoms with van der Waals surface area (Å²) in [7, 11) is -4.70. The summed E-state index contributed by atoms with van der Waals surface area (Å²) in [6.07, 6.45) is 16.6. The average molecular weight is 379 g/mol. The smallest absolute Gasteiger partial charge is 0.355 e. The highest BCUT2D eigenvalue weighted by Crippen LogP contribution is 2.41. The van der Waals surface area contributed by atoms with E-state index in [2.05, 4.69) is 6.92 Å². The monoisotopic (exact) mass is 379 g/mol. The van der Waals surface area contributed by atoms with E-state index in [1.54, 1.807) is 6.08 Å². The SMILES string of the molecule is CCCCCCCCCCCCC/C=C/[C@@H](O)[C@H](N)C(O)P(=O)(O)O. The molecule has 1 unspecified atom stereocenters. The molecule has 0 rings (SSSR count). The largest absolute Gasteiger partial charge is 0.387 e. The maximum atomic E-state index is 10.9. The number of nitrogens with two attached hydrogens (primary N) is 1. The Hall–Kier alpha value is -0.230. The Morgan fingerprint density at radius 2 is 1.32 bits per heavy atom. The van der Waals surface area contributed by atoms with Gasteiger partial charge in [-0.25, -0.2) is 0 Å². The van der Waals surface area contributed by atoms with Crippen LogP contribution in [-0.4, -0.2) is 38.0 Å². The quantitative estimate of drug-likeness (QED) is 0.159. The summed E-state index contributed by atoms with van der Waals surface area (Å²) >= 11 is 0. The van der Waals surface area contributed by atoms with Crippen LogP contribution in [0, 0.1) is 0 Å². The molecule has 0 aromatic rings. The van der Waals surface area contributed by atoms with Crippen molar-refractivity contribution in [3.8, 4) is 0 Å². The zero-order valence-corrected chi connectivity index (χ0v) is 16.5. The first-order valence-corrected chi connectivity index (χ1v) is 11.3. The molecular weight excluding hydrogens is 341 g/mol. The van der Waals surface area contributed by atoms with Crippen LogP contribution >= 0.6 is 7.60 Å². The molecule has 150 valence electrons. The second-order valence-electron chi connectivity index (χ2n) is 6.82. The molecule has 0 fully saturated rings. The van der Waals surface area contributed by atoms with Gasteiger partial charge in [0.1, 0.15) is 0 Å². The molecule has 0 amide bonds. The van der Waals surface area contributed by atoms with E-state index in [-0.39, 0.29) is 0 Å². The maximum Gasteiger partial charge on any atom is 0.355 e. The standard InChI is InChI=1S/C18H38NO5P/c1-2-3-4-5-6-7-8-9-10-11-12-13-14-15-16(20)17(19)18(21)25(22,23)24/h14-18,20-21H,2-13,19H2,1H3,(H2,22,23,24)/b15-14+/t16-,17+,18?/m1/s1. The second-order valence-corrected chi connectivity index (χ2v) is 8.53. The first-order chi connectivity index (χ1) is 11.8. The zero-order valence-electron chi connectivity index (χ0n) is 15.6. The van der Waals surface area contributed by atoms with Gasteiger partial charge in [-0.05, 0) is 12.8 Å². The molecular formula is C18H38NO5P. The molecule has 0 aliphatic carbocycles. The number of allylic oxidation sites excluding steroid dienone is 1. The van der Waals surface area contributed by atoms with Gasteiger partial charge in [0.05, 0.1) is 12.1 Å². The molecule has 0 saturated heterocycles. The van der Waals surface area contributed by atoms with Gasteiger partial charge in [-0.2, -0.15) is 0 Å². The molecule has 0 aromatic heterocycles. The zero-order chi connectivity index (χ0) is 19.1. The van der Waals surface area contributed by atoms with Crippen LogP contribution < -0.4 is 5.73 Å². The molecule has 0 aromatic carbocycles. The normalized spacial score (nSPS) is 16.2. The predicted molar refractivity (Wildman–Crippen MR) is 102 cm³/mol. The highest BCUT2D eigenvalue weighted by atomic mass is 31.2. The molecule has 0 saturated carbocycles. The molecule has 3 atom stereocenters. The van der Waals surface area contributed by atoms with Crippen molar-refractivity contribution in [2.75, 3.05) is 0 Å². The lowest BCUT2D eigenvalue weighted by Crippen LogP contribution is -2.43. The van der Waals surface area contributed by atoms with E-state index in [0.717, 1.165) is 19.3 Å². The Bertz CT molecular complexity index is 386. The van der Waals surface area contributed by atoms with E-state index in [4.69, 9.17) is 15.5 Å². The number of unbranched alkanes of at least 4 members (excludes halogenated alkanes) is 11. The molecule has 0 aliphatic heterocycles. The lowest BCUT2D eigenvalue weighted by atomic mass is 10.0. The summed E-state index contributed by atoms with van der Waals surface area (Å²) in [6, 6.07) is -1.39. The lowest BCUT2D eigenvalue weighted by molar-refractivity contribution is 0.105. The van der Waals surface area contributed by atoms with Crippen LogP contribution in [0.3, 0.4) is 0 Å². The fourth-order valence-electron chi connectivity index (χ4n) is 2.69. The molecule has 25 heavy (non-hydrogen) atoms. The summed E-state index contributed by atoms with van der Waals surface area (Å²) in [6.45, 7) is 2.23. The molecule has 0 spiro atoms. The van der Waals surface area contributed by atoms with E-state index in [0.29, 0.717) is 0 Å². The Morgan fingerprint density at radius 1 is 0.880 bits per heavy atom. The topological polar surface area (TPSA) is 124 Å². The molecule has 6 N–H and O–H groups in total. The van der Waals surface area contributed by atoms with Crippen molar-refractivity contribution in [1.29, 1.82) is 0 Å². The molecule has 0 aliphatic rings. The van der Waals surface area contributed by atoms with Crippen LogP contribution in [0.15, 0.2) is 12.2 Å². The Morgan fingerprint density at radius 3 is 1.76 bits per heavy atom. The molecule has 6 nitrogen and oxygen atoms in total. The third-order valence-corrected chi connectivity index (χ3v) is 5.42. The van der Waals surface area contributed by atoms with Crippen LogP contribution in [0.4, 0.5) is 0 Å². The fraction of sp³-hybridized carbons (Fsp3) is 0.889. The number of aliphatic hydroxyl groups excluding tert-OH is 2. The van der Waals surface area contributed by atoms with Crippen LogP contribution in [0.25, 0.3) is 0 Å². The van der Waals surface area contributed by atoms with Gasteiger partial charge in [-0.15, -0.1) is 0 Å². The third kappa shape index (κ3) is 13.6. The summed E-state index contributed by atoms with van der Waals surface area (Å²) < 4.78 is 10.9. The van der Waals surface area contributed by atoms with Gasteiger partial charge in [-0.3, -0.25) is 4.57 Å². The molecule has 0 bridgehead atoms. The van der Waals surface area contributed by atoms with Crippen LogP contribution in [0.5, 0.6) is 0 Å². The minimum atomic E-state index is -4.70. The minimum Gasteiger partial charge on any atom is -0.387 e. The van der Waals surface area contributed by atoms with Gasteiger partial charge in [-0.1, -0.05) is 83.3 Å². The molecule has 0 heterocycles. The fourth-order valence-corrected chi connectivity index (χ4v) is 3.32. The first kappa shape index (κ1) is 24.8. The van der Waals surface area contributed by atoms with E-state index in [9.17, 15) is 14.8 Å². The van der Waals surface area contributed by atoms with E-state index in [1.165, 1.54) is 63.9 Å². The Kier molecular flexibility index (Phi) is 14.8. The van der Waals surface area contributed by atoms with Crippen molar-refractivity contribution in [2.24, 2.45) is 5.73 Å². The van der Waals surface area contributed by atoms with Crippen LogP contribution in [0.1, 0.15) is 84.0 Å². The summed E-state index contributed by atoms with van der Waals surface area (Å²) in [5, 5.41) is 19.1. The maximum absolute atomic E-state index is 10.9. The number of hydrogen-bond acceptors (Lipinski definition) is 4. The average Bonchev–Trinajstić information content (AvgIpc) is 2.56. The van der Waals surface area contributed by atoms with E-state index >= 15 is 0 Å². The van der Waals surface area contributed by atoms with Crippen LogP contribution in [-0.2, 0) is 4.57 Å². The predicted octanol–water partition coefficient (Wildman–Crippen LogP) is 3.43. The van der Waals surface area contributed by atoms with E-state index < -0.39 is 25.6 Å². The van der Waals surface area contributed by atoms with Crippen molar-refractivity contribution in [3.05, 3.63) is 12.2 Å².